The fraction of sp³-hybridized carbons (Fsp3) is 0.769. The first kappa shape index (κ1) is 11.7. The smallest absolute Gasteiger partial charge is 0.240 e. The van der Waals surface area contributed by atoms with Gasteiger partial charge in [-0.15, -0.1) is 0 Å². The van der Waals surface area contributed by atoms with Crippen LogP contribution in [0.5, 0.6) is 0 Å². The number of primary amides is 1. The minimum absolute atomic E-state index is 0.150. The maximum absolute atomic E-state index is 12.4. The molecule has 3 aliphatic rings. The Labute approximate surface area is 106 Å². The Kier molecular flexibility index (Phi) is 2.47. The van der Waals surface area contributed by atoms with Gasteiger partial charge >= 0.3 is 0 Å². The van der Waals surface area contributed by atoms with Crippen molar-refractivity contribution < 1.29 is 14.4 Å². The zero-order valence-electron chi connectivity index (χ0n) is 10.5. The predicted molar refractivity (Wildman–Crippen MR) is 62.9 cm³/mol. The van der Waals surface area contributed by atoms with Crippen molar-refractivity contribution >= 4 is 17.7 Å². The van der Waals surface area contributed by atoms with E-state index in [1.54, 1.807) is 6.92 Å². The fourth-order valence-corrected chi connectivity index (χ4v) is 4.25. The van der Waals surface area contributed by atoms with Gasteiger partial charge in [0, 0.05) is 0 Å². The number of imide groups is 1. The van der Waals surface area contributed by atoms with Crippen LogP contribution in [0.4, 0.5) is 0 Å². The molecule has 5 heteroatoms. The topological polar surface area (TPSA) is 80.5 Å². The molecule has 1 saturated heterocycles. The second kappa shape index (κ2) is 3.80. The largest absolute Gasteiger partial charge is 0.368 e. The van der Waals surface area contributed by atoms with Crippen LogP contribution >= 0.6 is 0 Å². The summed E-state index contributed by atoms with van der Waals surface area (Å²) in [7, 11) is 0. The van der Waals surface area contributed by atoms with E-state index in [-0.39, 0.29) is 23.7 Å². The summed E-state index contributed by atoms with van der Waals surface area (Å²) in [5, 5.41) is 0. The number of hydrogen-bond acceptors (Lipinski definition) is 3. The van der Waals surface area contributed by atoms with Gasteiger partial charge in [0.2, 0.25) is 17.7 Å². The molecule has 1 heterocycles. The first-order valence-corrected chi connectivity index (χ1v) is 6.72. The Morgan fingerprint density at radius 2 is 1.78 bits per heavy atom. The van der Waals surface area contributed by atoms with Crippen LogP contribution in [0.3, 0.4) is 0 Å². The van der Waals surface area contributed by atoms with Crippen molar-refractivity contribution in [3.05, 3.63) is 0 Å². The van der Waals surface area contributed by atoms with Gasteiger partial charge in [-0.3, -0.25) is 19.3 Å². The lowest BCUT2D eigenvalue weighted by Gasteiger charge is -2.24. The van der Waals surface area contributed by atoms with Crippen molar-refractivity contribution in [3.8, 4) is 0 Å². The number of nitrogens with zero attached hydrogens (tertiary/aromatic N) is 1. The van der Waals surface area contributed by atoms with Crippen molar-refractivity contribution in [2.45, 2.75) is 38.6 Å². The number of nitrogens with two attached hydrogens (primary N) is 1. The van der Waals surface area contributed by atoms with E-state index >= 15 is 0 Å². The molecule has 0 aromatic rings. The third kappa shape index (κ3) is 1.30. The molecule has 2 aliphatic carbocycles. The molecule has 3 fully saturated rings. The van der Waals surface area contributed by atoms with Crippen molar-refractivity contribution in [1.82, 2.24) is 4.90 Å². The number of hydrogen-bond donors (Lipinski definition) is 1. The third-order valence-electron chi connectivity index (χ3n) is 4.99. The summed E-state index contributed by atoms with van der Waals surface area (Å²) in [6.07, 6.45) is 3.51. The second-order valence-electron chi connectivity index (χ2n) is 5.76. The zero-order chi connectivity index (χ0) is 13.0. The molecule has 2 saturated carbocycles. The summed E-state index contributed by atoms with van der Waals surface area (Å²) in [6, 6.07) is -0.755. The van der Waals surface area contributed by atoms with Crippen LogP contribution < -0.4 is 5.73 Å². The first-order chi connectivity index (χ1) is 8.56. The summed E-state index contributed by atoms with van der Waals surface area (Å²) < 4.78 is 0. The number of carbonyl (C=O) groups is 3. The van der Waals surface area contributed by atoms with Crippen molar-refractivity contribution in [1.29, 1.82) is 0 Å². The van der Waals surface area contributed by atoms with Gasteiger partial charge in [0.15, 0.2) is 0 Å². The minimum Gasteiger partial charge on any atom is -0.368 e. The average molecular weight is 250 g/mol. The normalized spacial score (nSPS) is 39.3. The predicted octanol–water partition coefficient (Wildman–Crippen LogP) is 0.281. The molecular formula is C13H18N2O3. The Morgan fingerprint density at radius 1 is 1.28 bits per heavy atom. The van der Waals surface area contributed by atoms with Gasteiger partial charge in [0.05, 0.1) is 11.8 Å². The van der Waals surface area contributed by atoms with Gasteiger partial charge in [-0.2, -0.15) is 0 Å². The van der Waals surface area contributed by atoms with E-state index in [0.29, 0.717) is 18.3 Å². The van der Waals surface area contributed by atoms with E-state index in [2.05, 4.69) is 0 Å². The molecule has 0 radical (unpaired) electrons. The lowest BCUT2D eigenvalue weighted by Crippen LogP contribution is -2.48. The van der Waals surface area contributed by atoms with Gasteiger partial charge in [0.25, 0.3) is 0 Å². The molecule has 2 N–H and O–H groups in total. The van der Waals surface area contributed by atoms with E-state index in [0.717, 1.165) is 19.3 Å². The van der Waals surface area contributed by atoms with Crippen LogP contribution in [0, 0.1) is 23.7 Å². The molecule has 1 aliphatic heterocycles. The quantitative estimate of drug-likeness (QED) is 0.731. The van der Waals surface area contributed by atoms with Crippen LogP contribution in [0.2, 0.25) is 0 Å². The first-order valence-electron chi connectivity index (χ1n) is 6.72. The highest BCUT2D eigenvalue weighted by molar-refractivity contribution is 6.08. The van der Waals surface area contributed by atoms with Crippen LogP contribution in [0.15, 0.2) is 0 Å². The van der Waals surface area contributed by atoms with E-state index < -0.39 is 11.9 Å². The van der Waals surface area contributed by atoms with Crippen molar-refractivity contribution in [3.63, 3.8) is 0 Å². The maximum atomic E-state index is 12.4. The molecule has 3 rings (SSSR count). The Bertz CT molecular complexity index is 406. The van der Waals surface area contributed by atoms with E-state index in [1.807, 2.05) is 0 Å². The van der Waals surface area contributed by atoms with Crippen LogP contribution in [0.1, 0.15) is 32.6 Å². The van der Waals surface area contributed by atoms with Gasteiger partial charge in [-0.05, 0) is 37.5 Å². The number of likely N-dealkylation sites (tertiary alicyclic amines) is 1. The molecular weight excluding hydrogens is 232 g/mol. The molecule has 0 aromatic heterocycles. The Morgan fingerprint density at radius 3 is 2.17 bits per heavy atom. The second-order valence-corrected chi connectivity index (χ2v) is 5.76. The maximum Gasteiger partial charge on any atom is 0.240 e. The van der Waals surface area contributed by atoms with E-state index in [1.165, 1.54) is 4.90 Å². The summed E-state index contributed by atoms with van der Waals surface area (Å²) in [4.78, 5) is 37.3. The summed E-state index contributed by atoms with van der Waals surface area (Å²) in [5.74, 6) is -0.495. The Hall–Kier alpha value is -1.39. The number of rotatable bonds is 3. The summed E-state index contributed by atoms with van der Waals surface area (Å²) >= 11 is 0. The van der Waals surface area contributed by atoms with Crippen LogP contribution in [-0.4, -0.2) is 28.7 Å². The summed E-state index contributed by atoms with van der Waals surface area (Å²) in [5.41, 5.74) is 5.30. The molecule has 5 unspecified atom stereocenters. The number of fused-ring (bicyclic) bond motifs is 5. The average Bonchev–Trinajstić information content (AvgIpc) is 2.98. The summed E-state index contributed by atoms with van der Waals surface area (Å²) in [6.45, 7) is 1.78. The molecule has 5 atom stereocenters. The molecule has 3 amide bonds. The van der Waals surface area contributed by atoms with Crippen LogP contribution in [-0.2, 0) is 14.4 Å². The molecule has 18 heavy (non-hydrogen) atoms. The monoisotopic (exact) mass is 250 g/mol. The third-order valence-corrected chi connectivity index (χ3v) is 4.99. The lowest BCUT2D eigenvalue weighted by atomic mass is 9.81. The van der Waals surface area contributed by atoms with Crippen molar-refractivity contribution in [2.24, 2.45) is 29.4 Å². The zero-order valence-corrected chi connectivity index (χ0v) is 10.5. The molecule has 98 valence electrons. The molecule has 0 aromatic carbocycles. The van der Waals surface area contributed by atoms with E-state index in [4.69, 9.17) is 5.73 Å². The standard InChI is InChI=1S/C13H18N2O3/c1-2-8(11(14)16)15-12(17)9-6-3-4-7(5-6)10(9)13(15)18/h6-10H,2-5H2,1H3,(H2,14,16). The molecule has 5 nitrogen and oxygen atoms in total. The van der Waals surface area contributed by atoms with Crippen molar-refractivity contribution in [2.75, 3.05) is 0 Å². The fourth-order valence-electron chi connectivity index (χ4n) is 4.25. The highest BCUT2D eigenvalue weighted by Gasteiger charge is 2.62. The molecule has 0 spiro atoms. The van der Waals surface area contributed by atoms with Gasteiger partial charge in [0.1, 0.15) is 6.04 Å². The van der Waals surface area contributed by atoms with Gasteiger partial charge < -0.3 is 5.73 Å². The van der Waals surface area contributed by atoms with Gasteiger partial charge in [-0.25, -0.2) is 0 Å². The SMILES string of the molecule is CCC(C(N)=O)N1C(=O)C2C3CCC(C3)C2C1=O. The van der Waals surface area contributed by atoms with E-state index in [9.17, 15) is 14.4 Å². The number of amides is 3. The molecule has 2 bridgehead atoms. The minimum atomic E-state index is -0.755. The highest BCUT2D eigenvalue weighted by atomic mass is 16.2. The Balaban J connectivity index is 1.93. The van der Waals surface area contributed by atoms with Crippen LogP contribution in [0.25, 0.3) is 0 Å². The lowest BCUT2D eigenvalue weighted by molar-refractivity contribution is -0.148. The number of carbonyl (C=O) groups excluding carboxylic acids is 3. The van der Waals surface area contributed by atoms with Gasteiger partial charge in [-0.1, -0.05) is 6.92 Å². The highest BCUT2D eigenvalue weighted by Crippen LogP contribution is 2.56.